The Labute approximate surface area is 181 Å². The van der Waals surface area contributed by atoms with E-state index < -0.39 is 11.4 Å². The van der Waals surface area contributed by atoms with Gasteiger partial charge < -0.3 is 9.15 Å². The van der Waals surface area contributed by atoms with Crippen LogP contribution in [0.25, 0.3) is 22.3 Å². The van der Waals surface area contributed by atoms with Gasteiger partial charge in [0.2, 0.25) is 11.2 Å². The van der Waals surface area contributed by atoms with Crippen LogP contribution in [-0.4, -0.2) is 11.0 Å². The zero-order valence-corrected chi connectivity index (χ0v) is 18.2. The summed E-state index contributed by atoms with van der Waals surface area (Å²) < 4.78 is 12.4. The van der Waals surface area contributed by atoms with E-state index >= 15 is 0 Å². The number of benzene rings is 2. The maximum Gasteiger partial charge on any atom is 0.345 e. The Morgan fingerprint density at radius 2 is 1.73 bits per heavy atom. The lowest BCUT2D eigenvalue weighted by molar-refractivity contribution is 0.0731. The van der Waals surface area contributed by atoms with Crippen molar-refractivity contribution in [3.05, 3.63) is 91.8 Å². The van der Waals surface area contributed by atoms with Crippen LogP contribution in [0.5, 0.6) is 5.75 Å². The van der Waals surface area contributed by atoms with Gasteiger partial charge in [0.15, 0.2) is 5.76 Å². The maximum absolute atomic E-state index is 13.4. The molecule has 2 aromatic carbocycles. The van der Waals surface area contributed by atoms with Gasteiger partial charge in [0.1, 0.15) is 5.58 Å². The molecule has 0 saturated carbocycles. The van der Waals surface area contributed by atoms with Crippen molar-refractivity contribution in [1.82, 2.24) is 4.98 Å². The highest BCUT2D eigenvalue weighted by Crippen LogP contribution is 2.33. The van der Waals surface area contributed by atoms with E-state index in [1.54, 1.807) is 18.3 Å². The number of hydrogen-bond donors (Lipinski definition) is 0. The van der Waals surface area contributed by atoms with Gasteiger partial charge in [-0.1, -0.05) is 35.9 Å². The number of nitrogens with zero attached hydrogens (tertiary/aromatic N) is 1. The summed E-state index contributed by atoms with van der Waals surface area (Å²) in [5, 5.41) is 0.374. The topological polar surface area (TPSA) is 69.4 Å². The predicted molar refractivity (Wildman–Crippen MR) is 119 cm³/mol. The smallest absolute Gasteiger partial charge is 0.345 e. The first-order chi connectivity index (χ1) is 14.3. The van der Waals surface area contributed by atoms with Crippen molar-refractivity contribution >= 4 is 32.9 Å². The largest absolute Gasteiger partial charge is 0.452 e. The van der Waals surface area contributed by atoms with E-state index in [-0.39, 0.29) is 17.1 Å². The van der Waals surface area contributed by atoms with Crippen LogP contribution in [0.2, 0.25) is 0 Å². The van der Waals surface area contributed by atoms with Gasteiger partial charge in [-0.05, 0) is 60.0 Å². The molecule has 0 unspecified atom stereocenters. The van der Waals surface area contributed by atoms with Gasteiger partial charge in [-0.15, -0.1) is 0 Å². The van der Waals surface area contributed by atoms with Crippen LogP contribution >= 0.6 is 15.9 Å². The first-order valence-corrected chi connectivity index (χ1v) is 10.1. The molecular formula is C24H18BrNO4. The summed E-state index contributed by atoms with van der Waals surface area (Å²) in [6.45, 7) is 5.75. The third-order valence-corrected chi connectivity index (χ3v) is 5.16. The Hall–Kier alpha value is -3.25. The zero-order valence-electron chi connectivity index (χ0n) is 16.7. The average Bonchev–Trinajstić information content (AvgIpc) is 2.71. The molecule has 0 aliphatic rings. The number of fused-ring (bicyclic) bond motifs is 1. The Morgan fingerprint density at radius 3 is 2.43 bits per heavy atom. The summed E-state index contributed by atoms with van der Waals surface area (Å²) in [5.74, 6) is -0.606. The summed E-state index contributed by atoms with van der Waals surface area (Å²) in [4.78, 5) is 30.1. The van der Waals surface area contributed by atoms with E-state index in [0.29, 0.717) is 21.0 Å². The fraction of sp³-hybridized carbons (Fsp3) is 0.125. The fourth-order valence-corrected chi connectivity index (χ4v) is 3.66. The summed E-state index contributed by atoms with van der Waals surface area (Å²) >= 11 is 3.29. The molecule has 0 bridgehead atoms. The van der Waals surface area contributed by atoms with Gasteiger partial charge in [0.25, 0.3) is 0 Å². The van der Waals surface area contributed by atoms with Gasteiger partial charge in [-0.25, -0.2) is 4.79 Å². The van der Waals surface area contributed by atoms with Crippen LogP contribution in [0.4, 0.5) is 0 Å². The molecule has 4 aromatic rings. The third kappa shape index (κ3) is 3.78. The molecule has 0 amide bonds. The van der Waals surface area contributed by atoms with E-state index in [4.69, 9.17) is 9.15 Å². The summed E-state index contributed by atoms with van der Waals surface area (Å²) in [7, 11) is 0. The summed E-state index contributed by atoms with van der Waals surface area (Å²) in [6, 6.07) is 12.8. The summed E-state index contributed by atoms with van der Waals surface area (Å²) in [6.07, 6.45) is 2.94. The Balaban J connectivity index is 1.94. The van der Waals surface area contributed by atoms with Gasteiger partial charge in [0.05, 0.1) is 10.9 Å². The molecule has 30 heavy (non-hydrogen) atoms. The molecule has 0 atom stereocenters. The van der Waals surface area contributed by atoms with Gasteiger partial charge in [0, 0.05) is 22.4 Å². The zero-order chi connectivity index (χ0) is 21.4. The number of ether oxygens (including phenoxy) is 1. The van der Waals surface area contributed by atoms with Crippen LogP contribution in [-0.2, 0) is 0 Å². The SMILES string of the molecule is Cc1ccc(-c2oc3c(C)cc(C)cc3c(=O)c2OC(=O)c2cncc(Br)c2)cc1. The van der Waals surface area contributed by atoms with Crippen molar-refractivity contribution in [3.8, 4) is 17.1 Å². The number of carbonyl (C=O) groups excluding carboxylic acids is 1. The second-order valence-electron chi connectivity index (χ2n) is 7.20. The van der Waals surface area contributed by atoms with E-state index in [9.17, 15) is 9.59 Å². The predicted octanol–water partition coefficient (Wildman–Crippen LogP) is 5.76. The van der Waals surface area contributed by atoms with Gasteiger partial charge >= 0.3 is 5.97 Å². The molecule has 2 aromatic heterocycles. The minimum absolute atomic E-state index is 0.138. The Morgan fingerprint density at radius 1 is 1.00 bits per heavy atom. The normalized spacial score (nSPS) is 10.9. The van der Waals surface area contributed by atoms with E-state index in [2.05, 4.69) is 20.9 Å². The van der Waals surface area contributed by atoms with Crippen molar-refractivity contribution in [1.29, 1.82) is 0 Å². The number of aryl methyl sites for hydroxylation is 3. The number of hydrogen-bond acceptors (Lipinski definition) is 5. The molecule has 0 aliphatic heterocycles. The van der Waals surface area contributed by atoms with Gasteiger partial charge in [-0.3, -0.25) is 9.78 Å². The van der Waals surface area contributed by atoms with Crippen molar-refractivity contribution in [2.45, 2.75) is 20.8 Å². The highest BCUT2D eigenvalue weighted by Gasteiger charge is 2.22. The molecule has 2 heterocycles. The molecule has 150 valence electrons. The molecule has 0 spiro atoms. The molecule has 4 rings (SSSR count). The van der Waals surface area contributed by atoms with Gasteiger partial charge in [-0.2, -0.15) is 0 Å². The number of carbonyl (C=O) groups is 1. The monoisotopic (exact) mass is 463 g/mol. The first kappa shape index (κ1) is 20.0. The maximum atomic E-state index is 13.4. The summed E-state index contributed by atoms with van der Waals surface area (Å²) in [5.41, 5.74) is 3.77. The van der Waals surface area contributed by atoms with E-state index in [0.717, 1.165) is 16.7 Å². The standard InChI is InChI=1S/C24H18BrNO4/c1-13-4-6-16(7-5-13)22-23(30-24(28)17-10-18(25)12-26-11-17)20(27)19-9-14(2)8-15(3)21(19)29-22/h4-12H,1-3H3. The lowest BCUT2D eigenvalue weighted by Crippen LogP contribution is -2.17. The van der Waals surface area contributed by atoms with Crippen molar-refractivity contribution in [2.24, 2.45) is 0 Å². The van der Waals surface area contributed by atoms with Crippen LogP contribution in [0.3, 0.4) is 0 Å². The number of rotatable bonds is 3. The molecule has 6 heteroatoms. The van der Waals surface area contributed by atoms with E-state index in [1.807, 2.05) is 51.1 Å². The van der Waals surface area contributed by atoms with E-state index in [1.165, 1.54) is 6.20 Å². The molecule has 0 N–H and O–H groups in total. The highest BCUT2D eigenvalue weighted by atomic mass is 79.9. The molecule has 0 fully saturated rings. The van der Waals surface area contributed by atoms with Crippen LogP contribution < -0.4 is 10.2 Å². The number of aromatic nitrogens is 1. The van der Waals surface area contributed by atoms with Crippen LogP contribution in [0.1, 0.15) is 27.0 Å². The lowest BCUT2D eigenvalue weighted by atomic mass is 10.0. The lowest BCUT2D eigenvalue weighted by Gasteiger charge is -2.12. The second-order valence-corrected chi connectivity index (χ2v) is 8.11. The first-order valence-electron chi connectivity index (χ1n) is 9.31. The van der Waals surface area contributed by atoms with Crippen LogP contribution in [0.15, 0.2) is 68.5 Å². The number of halogens is 1. The molecular weight excluding hydrogens is 446 g/mol. The van der Waals surface area contributed by atoms with Crippen molar-refractivity contribution in [3.63, 3.8) is 0 Å². The Bertz CT molecular complexity index is 1340. The third-order valence-electron chi connectivity index (χ3n) is 4.73. The minimum Gasteiger partial charge on any atom is -0.452 e. The Kier molecular flexibility index (Phi) is 5.26. The van der Waals surface area contributed by atoms with Crippen molar-refractivity contribution in [2.75, 3.05) is 0 Å². The number of pyridine rings is 1. The molecule has 0 saturated heterocycles. The quantitative estimate of drug-likeness (QED) is 0.361. The second kappa shape index (κ2) is 7.88. The molecule has 0 radical (unpaired) electrons. The molecule has 0 aliphatic carbocycles. The average molecular weight is 464 g/mol. The van der Waals surface area contributed by atoms with Crippen LogP contribution in [0, 0.1) is 20.8 Å². The van der Waals surface area contributed by atoms with Crippen molar-refractivity contribution < 1.29 is 13.9 Å². The minimum atomic E-state index is -0.687. The fourth-order valence-electron chi connectivity index (χ4n) is 3.30. The highest BCUT2D eigenvalue weighted by molar-refractivity contribution is 9.10. The number of esters is 1. The molecule has 5 nitrogen and oxygen atoms in total.